The zero-order valence-electron chi connectivity index (χ0n) is 12.0. The van der Waals surface area contributed by atoms with Crippen molar-refractivity contribution >= 4 is 42.8 Å². The predicted molar refractivity (Wildman–Crippen MR) is 89.4 cm³/mol. The van der Waals surface area contributed by atoms with Gasteiger partial charge in [0.2, 0.25) is 10.0 Å². The second kappa shape index (κ2) is 6.27. The van der Waals surface area contributed by atoms with E-state index in [9.17, 15) is 16.8 Å². The minimum atomic E-state index is -3.75. The van der Waals surface area contributed by atoms with Gasteiger partial charge in [0.05, 0.1) is 17.6 Å². The van der Waals surface area contributed by atoms with E-state index in [1.165, 1.54) is 23.5 Å². The summed E-state index contributed by atoms with van der Waals surface area (Å²) in [5, 5.41) is 0. The van der Waals surface area contributed by atoms with E-state index in [0.29, 0.717) is 0 Å². The van der Waals surface area contributed by atoms with Gasteiger partial charge in [0, 0.05) is 4.88 Å². The third kappa shape index (κ3) is 4.21. The fourth-order valence-corrected chi connectivity index (χ4v) is 4.70. The van der Waals surface area contributed by atoms with Gasteiger partial charge in [-0.15, -0.1) is 11.3 Å². The number of nitrogens with one attached hydrogen (secondary N) is 2. The first-order chi connectivity index (χ1) is 10.2. The molecule has 22 heavy (non-hydrogen) atoms. The predicted octanol–water partition coefficient (Wildman–Crippen LogP) is 2.48. The van der Waals surface area contributed by atoms with Crippen molar-refractivity contribution in [2.45, 2.75) is 17.6 Å². The summed E-state index contributed by atoms with van der Waals surface area (Å²) in [6.45, 7) is 1.95. The van der Waals surface area contributed by atoms with Crippen LogP contribution in [-0.2, 0) is 26.5 Å². The summed E-state index contributed by atoms with van der Waals surface area (Å²) in [5.41, 5.74) is 0.361. The Hall–Kier alpha value is -1.58. The van der Waals surface area contributed by atoms with Crippen molar-refractivity contribution in [2.75, 3.05) is 15.7 Å². The molecule has 2 rings (SSSR count). The van der Waals surface area contributed by atoms with Gasteiger partial charge in [-0.25, -0.2) is 16.8 Å². The standard InChI is InChI=1S/C13H16N2O4S3/c1-3-10-8-9-13(20-10)22(18,19)15-12-7-5-4-6-11(12)14-21(2,16)17/h4-9,14-15H,3H2,1-2H3. The van der Waals surface area contributed by atoms with Crippen LogP contribution >= 0.6 is 11.3 Å². The van der Waals surface area contributed by atoms with Gasteiger partial charge in [0.1, 0.15) is 4.21 Å². The van der Waals surface area contributed by atoms with Crippen LogP contribution in [0.25, 0.3) is 0 Å². The Morgan fingerprint density at radius 3 is 2.05 bits per heavy atom. The molecule has 1 aromatic carbocycles. The maximum atomic E-state index is 12.4. The third-order valence-corrected chi connectivity index (χ3v) is 6.39. The molecule has 2 N–H and O–H groups in total. The minimum Gasteiger partial charge on any atom is -0.282 e. The molecule has 0 aliphatic rings. The fraction of sp³-hybridized carbons (Fsp3) is 0.231. The van der Waals surface area contributed by atoms with Crippen LogP contribution in [0.1, 0.15) is 11.8 Å². The molecule has 0 amide bonds. The summed E-state index contributed by atoms with van der Waals surface area (Å²) in [6, 6.07) is 9.53. The first-order valence-corrected chi connectivity index (χ1v) is 10.6. The highest BCUT2D eigenvalue weighted by molar-refractivity contribution is 7.94. The number of para-hydroxylation sites is 2. The van der Waals surface area contributed by atoms with Crippen LogP contribution in [0.5, 0.6) is 0 Å². The largest absolute Gasteiger partial charge is 0.282 e. The molecule has 0 saturated carbocycles. The van der Waals surface area contributed by atoms with Gasteiger partial charge in [-0.05, 0) is 30.7 Å². The number of sulfonamides is 2. The molecule has 120 valence electrons. The van der Waals surface area contributed by atoms with Crippen molar-refractivity contribution in [1.82, 2.24) is 0 Å². The van der Waals surface area contributed by atoms with E-state index in [2.05, 4.69) is 9.44 Å². The Kier molecular flexibility index (Phi) is 4.78. The molecule has 6 nitrogen and oxygen atoms in total. The van der Waals surface area contributed by atoms with Crippen LogP contribution in [0.2, 0.25) is 0 Å². The topological polar surface area (TPSA) is 92.3 Å². The monoisotopic (exact) mass is 360 g/mol. The lowest BCUT2D eigenvalue weighted by molar-refractivity contribution is 0.602. The molecule has 0 saturated heterocycles. The van der Waals surface area contributed by atoms with Gasteiger partial charge < -0.3 is 0 Å². The molecule has 0 aliphatic heterocycles. The molecule has 9 heteroatoms. The van der Waals surface area contributed by atoms with Crippen LogP contribution in [0.15, 0.2) is 40.6 Å². The Bertz CT molecular complexity index is 870. The molecule has 1 aromatic heterocycles. The van der Waals surface area contributed by atoms with Gasteiger partial charge in [-0.2, -0.15) is 0 Å². The van der Waals surface area contributed by atoms with Crippen LogP contribution in [-0.4, -0.2) is 23.1 Å². The summed E-state index contributed by atoms with van der Waals surface area (Å²) in [6.07, 6.45) is 1.76. The Labute approximate surface area is 134 Å². The summed E-state index contributed by atoms with van der Waals surface area (Å²) >= 11 is 1.19. The first kappa shape index (κ1) is 16.8. The first-order valence-electron chi connectivity index (χ1n) is 6.39. The summed E-state index contributed by atoms with van der Waals surface area (Å²) < 4.78 is 52.3. The highest BCUT2D eigenvalue weighted by Crippen LogP contribution is 2.28. The van der Waals surface area contributed by atoms with E-state index < -0.39 is 20.0 Å². The smallest absolute Gasteiger partial charge is 0.271 e. The SMILES string of the molecule is CCc1ccc(S(=O)(=O)Nc2ccccc2NS(C)(=O)=O)s1. The molecule has 1 heterocycles. The summed E-state index contributed by atoms with van der Waals surface area (Å²) in [7, 11) is -7.25. The molecule has 0 spiro atoms. The number of aryl methyl sites for hydroxylation is 1. The zero-order chi connectivity index (χ0) is 16.4. The number of benzene rings is 1. The molecule has 0 radical (unpaired) electrons. The van der Waals surface area contributed by atoms with Crippen molar-refractivity contribution in [3.05, 3.63) is 41.3 Å². The van der Waals surface area contributed by atoms with Gasteiger partial charge >= 0.3 is 0 Å². The Morgan fingerprint density at radius 2 is 1.55 bits per heavy atom. The van der Waals surface area contributed by atoms with Crippen molar-refractivity contribution in [2.24, 2.45) is 0 Å². The molecule has 0 fully saturated rings. The molecular weight excluding hydrogens is 344 g/mol. The highest BCUT2D eigenvalue weighted by Gasteiger charge is 2.19. The van der Waals surface area contributed by atoms with Crippen molar-refractivity contribution < 1.29 is 16.8 Å². The molecule has 0 aliphatic carbocycles. The Morgan fingerprint density at radius 1 is 0.955 bits per heavy atom. The molecule has 2 aromatic rings. The molecule has 0 unspecified atom stereocenters. The number of thiophene rings is 1. The van der Waals surface area contributed by atoms with Gasteiger partial charge in [-0.1, -0.05) is 19.1 Å². The quantitative estimate of drug-likeness (QED) is 0.828. The lowest BCUT2D eigenvalue weighted by atomic mass is 10.3. The number of rotatable bonds is 6. The third-order valence-electron chi connectivity index (χ3n) is 2.72. The highest BCUT2D eigenvalue weighted by atomic mass is 32.2. The maximum Gasteiger partial charge on any atom is 0.271 e. The lowest BCUT2D eigenvalue weighted by Gasteiger charge is -2.12. The normalized spacial score (nSPS) is 12.1. The number of hydrogen-bond acceptors (Lipinski definition) is 5. The zero-order valence-corrected chi connectivity index (χ0v) is 14.5. The van der Waals surface area contributed by atoms with Gasteiger partial charge in [0.25, 0.3) is 10.0 Å². The van der Waals surface area contributed by atoms with E-state index in [0.717, 1.165) is 17.6 Å². The molecule has 0 atom stereocenters. The number of hydrogen-bond donors (Lipinski definition) is 2. The lowest BCUT2D eigenvalue weighted by Crippen LogP contribution is -2.15. The van der Waals surface area contributed by atoms with E-state index in [4.69, 9.17) is 0 Å². The van der Waals surface area contributed by atoms with Crippen LogP contribution in [0.4, 0.5) is 11.4 Å². The van der Waals surface area contributed by atoms with Crippen molar-refractivity contribution in [3.63, 3.8) is 0 Å². The second-order valence-corrected chi connectivity index (χ2v) is 9.43. The van der Waals surface area contributed by atoms with Crippen LogP contribution < -0.4 is 9.44 Å². The van der Waals surface area contributed by atoms with E-state index in [1.54, 1.807) is 24.3 Å². The van der Waals surface area contributed by atoms with Crippen molar-refractivity contribution in [1.29, 1.82) is 0 Å². The maximum absolute atomic E-state index is 12.4. The molecule has 0 bridgehead atoms. The summed E-state index contributed by atoms with van der Waals surface area (Å²) in [5.74, 6) is 0. The second-order valence-electron chi connectivity index (χ2n) is 4.60. The fourth-order valence-electron chi connectivity index (χ4n) is 1.75. The van der Waals surface area contributed by atoms with Crippen LogP contribution in [0, 0.1) is 0 Å². The Balaban J connectivity index is 2.34. The van der Waals surface area contributed by atoms with Crippen molar-refractivity contribution in [3.8, 4) is 0 Å². The van der Waals surface area contributed by atoms with E-state index >= 15 is 0 Å². The number of anilines is 2. The molecular formula is C13H16N2O4S3. The van der Waals surface area contributed by atoms with E-state index in [1.807, 2.05) is 6.92 Å². The minimum absolute atomic E-state index is 0.180. The van der Waals surface area contributed by atoms with Crippen LogP contribution in [0.3, 0.4) is 0 Å². The average Bonchev–Trinajstić information content (AvgIpc) is 2.89. The van der Waals surface area contributed by atoms with Gasteiger partial charge in [-0.3, -0.25) is 9.44 Å². The van der Waals surface area contributed by atoms with Gasteiger partial charge in [0.15, 0.2) is 0 Å². The summed E-state index contributed by atoms with van der Waals surface area (Å²) in [4.78, 5) is 0.961. The van der Waals surface area contributed by atoms with E-state index in [-0.39, 0.29) is 15.6 Å². The average molecular weight is 360 g/mol.